The number of hydrogen-bond acceptors (Lipinski definition) is 4. The van der Waals surface area contributed by atoms with E-state index in [1.165, 1.54) is 4.80 Å². The Kier molecular flexibility index (Phi) is 2.66. The molecule has 0 fully saturated rings. The summed E-state index contributed by atoms with van der Waals surface area (Å²) >= 11 is 5.83. The van der Waals surface area contributed by atoms with Crippen molar-refractivity contribution in [3.05, 3.63) is 35.1 Å². The summed E-state index contributed by atoms with van der Waals surface area (Å²) in [6.07, 6.45) is -0.724. The number of halogens is 1. The van der Waals surface area contributed by atoms with Crippen LogP contribution in [-0.2, 0) is 0 Å². The molecular formula is C9H9ClN4O. The molecule has 2 aromatic rings. The van der Waals surface area contributed by atoms with Gasteiger partial charge in [-0.05, 0) is 30.3 Å². The molecule has 1 aromatic heterocycles. The highest BCUT2D eigenvalue weighted by atomic mass is 35.5. The van der Waals surface area contributed by atoms with Gasteiger partial charge in [0, 0.05) is 5.02 Å². The third-order valence-corrected chi connectivity index (χ3v) is 2.08. The predicted molar refractivity (Wildman–Crippen MR) is 54.8 cm³/mol. The van der Waals surface area contributed by atoms with Gasteiger partial charge in [-0.25, -0.2) is 0 Å². The molecular weight excluding hydrogens is 216 g/mol. The second kappa shape index (κ2) is 3.96. The number of benzene rings is 1. The van der Waals surface area contributed by atoms with Gasteiger partial charge in [-0.1, -0.05) is 17.7 Å². The lowest BCUT2D eigenvalue weighted by Gasteiger charge is -1.98. The van der Waals surface area contributed by atoms with Crippen LogP contribution in [0.2, 0.25) is 5.02 Å². The molecule has 0 saturated carbocycles. The van der Waals surface area contributed by atoms with Crippen molar-refractivity contribution >= 4 is 11.6 Å². The van der Waals surface area contributed by atoms with Gasteiger partial charge < -0.3 is 5.11 Å². The maximum absolute atomic E-state index is 9.23. The number of aromatic nitrogens is 4. The van der Waals surface area contributed by atoms with Crippen LogP contribution in [0.3, 0.4) is 0 Å². The summed E-state index contributed by atoms with van der Waals surface area (Å²) in [7, 11) is 0. The second-order valence-electron chi connectivity index (χ2n) is 3.09. The largest absolute Gasteiger partial charge is 0.385 e. The van der Waals surface area contributed by atoms with Crippen molar-refractivity contribution in [2.24, 2.45) is 0 Å². The molecule has 6 heteroatoms. The fraction of sp³-hybridized carbons (Fsp3) is 0.222. The third kappa shape index (κ3) is 2.14. The van der Waals surface area contributed by atoms with Gasteiger partial charge in [0.1, 0.15) is 6.10 Å². The second-order valence-corrected chi connectivity index (χ2v) is 3.53. The van der Waals surface area contributed by atoms with E-state index in [0.717, 1.165) is 0 Å². The first kappa shape index (κ1) is 10.1. The summed E-state index contributed by atoms with van der Waals surface area (Å²) in [5.74, 6) is 0.287. The zero-order valence-electron chi connectivity index (χ0n) is 8.00. The van der Waals surface area contributed by atoms with Crippen LogP contribution in [0.1, 0.15) is 18.9 Å². The number of rotatable bonds is 2. The number of tetrazole rings is 1. The molecule has 15 heavy (non-hydrogen) atoms. The van der Waals surface area contributed by atoms with Crippen molar-refractivity contribution < 1.29 is 5.11 Å². The smallest absolute Gasteiger partial charge is 0.203 e. The van der Waals surface area contributed by atoms with E-state index in [2.05, 4.69) is 15.4 Å². The van der Waals surface area contributed by atoms with Crippen molar-refractivity contribution in [3.63, 3.8) is 0 Å². The molecule has 1 aromatic carbocycles. The van der Waals surface area contributed by atoms with E-state index in [4.69, 9.17) is 11.6 Å². The number of aliphatic hydroxyl groups is 1. The van der Waals surface area contributed by atoms with Gasteiger partial charge in [0.15, 0.2) is 0 Å². The van der Waals surface area contributed by atoms with Crippen LogP contribution in [0.25, 0.3) is 5.69 Å². The summed E-state index contributed by atoms with van der Waals surface area (Å²) in [4.78, 5) is 1.33. The van der Waals surface area contributed by atoms with E-state index >= 15 is 0 Å². The van der Waals surface area contributed by atoms with Crippen LogP contribution in [-0.4, -0.2) is 25.3 Å². The Labute approximate surface area is 91.3 Å². The van der Waals surface area contributed by atoms with Gasteiger partial charge in [0.05, 0.1) is 5.69 Å². The van der Waals surface area contributed by atoms with Crippen molar-refractivity contribution in [3.8, 4) is 5.69 Å². The Morgan fingerprint density at radius 2 is 2.27 bits per heavy atom. The first-order valence-corrected chi connectivity index (χ1v) is 4.78. The van der Waals surface area contributed by atoms with Crippen LogP contribution >= 0.6 is 11.6 Å². The van der Waals surface area contributed by atoms with Crippen LogP contribution in [0.5, 0.6) is 0 Å². The molecule has 0 unspecified atom stereocenters. The van der Waals surface area contributed by atoms with Crippen molar-refractivity contribution in [2.45, 2.75) is 13.0 Å². The number of hydrogen-bond donors (Lipinski definition) is 1. The molecule has 0 aliphatic carbocycles. The Hall–Kier alpha value is -1.46. The average Bonchev–Trinajstić information content (AvgIpc) is 2.66. The summed E-state index contributed by atoms with van der Waals surface area (Å²) in [6, 6.07) is 7.08. The molecule has 0 saturated heterocycles. The van der Waals surface area contributed by atoms with E-state index in [9.17, 15) is 5.11 Å². The van der Waals surface area contributed by atoms with Gasteiger partial charge >= 0.3 is 0 Å². The minimum absolute atomic E-state index is 0.287. The van der Waals surface area contributed by atoms with Crippen LogP contribution < -0.4 is 0 Å². The highest BCUT2D eigenvalue weighted by Gasteiger charge is 2.09. The summed E-state index contributed by atoms with van der Waals surface area (Å²) in [6.45, 7) is 1.58. The lowest BCUT2D eigenvalue weighted by molar-refractivity contribution is 0.188. The highest BCUT2D eigenvalue weighted by molar-refractivity contribution is 6.30. The van der Waals surface area contributed by atoms with Crippen LogP contribution in [0, 0.1) is 0 Å². The van der Waals surface area contributed by atoms with Crippen molar-refractivity contribution in [2.75, 3.05) is 0 Å². The molecule has 0 aliphatic heterocycles. The lowest BCUT2D eigenvalue weighted by atomic mass is 10.3. The summed E-state index contributed by atoms with van der Waals surface area (Å²) < 4.78 is 0. The quantitative estimate of drug-likeness (QED) is 0.837. The molecule has 0 bridgehead atoms. The van der Waals surface area contributed by atoms with Crippen LogP contribution in [0.4, 0.5) is 0 Å². The molecule has 78 valence electrons. The first-order valence-electron chi connectivity index (χ1n) is 4.41. The topological polar surface area (TPSA) is 63.8 Å². The minimum Gasteiger partial charge on any atom is -0.385 e. The van der Waals surface area contributed by atoms with E-state index < -0.39 is 6.10 Å². The van der Waals surface area contributed by atoms with Crippen molar-refractivity contribution in [1.29, 1.82) is 0 Å². The zero-order chi connectivity index (χ0) is 10.8. The molecule has 1 atom stereocenters. The fourth-order valence-electron chi connectivity index (χ4n) is 1.10. The SMILES string of the molecule is C[C@H](O)c1nnn(-c2cccc(Cl)c2)n1. The van der Waals surface area contributed by atoms with E-state index in [1.54, 1.807) is 31.2 Å². The standard InChI is InChI=1S/C9H9ClN4O/c1-6(15)9-11-13-14(12-9)8-4-2-3-7(10)5-8/h2-6,15H,1H3/t6-/m0/s1. The first-order chi connectivity index (χ1) is 7.16. The zero-order valence-corrected chi connectivity index (χ0v) is 8.76. The van der Waals surface area contributed by atoms with Gasteiger partial charge in [-0.2, -0.15) is 0 Å². The minimum atomic E-state index is -0.724. The molecule has 1 N–H and O–H groups in total. The Morgan fingerprint density at radius 1 is 1.47 bits per heavy atom. The molecule has 0 spiro atoms. The molecule has 0 aliphatic rings. The average molecular weight is 225 g/mol. The lowest BCUT2D eigenvalue weighted by Crippen LogP contribution is -2.00. The Balaban J connectivity index is 2.37. The summed E-state index contributed by atoms with van der Waals surface area (Å²) in [5.41, 5.74) is 0.710. The molecule has 5 nitrogen and oxygen atoms in total. The molecule has 2 rings (SSSR count). The molecule has 1 heterocycles. The third-order valence-electron chi connectivity index (χ3n) is 1.84. The predicted octanol–water partition coefficient (Wildman–Crippen LogP) is 1.37. The van der Waals surface area contributed by atoms with E-state index in [0.29, 0.717) is 10.7 Å². The van der Waals surface area contributed by atoms with Gasteiger partial charge in [0.25, 0.3) is 0 Å². The molecule has 0 amide bonds. The van der Waals surface area contributed by atoms with Gasteiger partial charge in [-0.15, -0.1) is 15.0 Å². The monoisotopic (exact) mass is 224 g/mol. The Bertz CT molecular complexity index is 469. The number of aliphatic hydroxyl groups excluding tert-OH is 1. The highest BCUT2D eigenvalue weighted by Crippen LogP contribution is 2.13. The maximum Gasteiger partial charge on any atom is 0.203 e. The van der Waals surface area contributed by atoms with Gasteiger partial charge in [-0.3, -0.25) is 0 Å². The van der Waals surface area contributed by atoms with E-state index in [1.807, 2.05) is 0 Å². The van der Waals surface area contributed by atoms with Gasteiger partial charge in [0.2, 0.25) is 5.82 Å². The van der Waals surface area contributed by atoms with E-state index in [-0.39, 0.29) is 5.82 Å². The maximum atomic E-state index is 9.23. The van der Waals surface area contributed by atoms with Crippen molar-refractivity contribution in [1.82, 2.24) is 20.2 Å². The van der Waals surface area contributed by atoms with Crippen LogP contribution in [0.15, 0.2) is 24.3 Å². The molecule has 0 radical (unpaired) electrons. The summed E-state index contributed by atoms with van der Waals surface area (Å²) in [5, 5.41) is 21.4. The normalized spacial score (nSPS) is 12.7. The number of nitrogens with zero attached hydrogens (tertiary/aromatic N) is 4. The Morgan fingerprint density at radius 3 is 2.87 bits per heavy atom. The fourth-order valence-corrected chi connectivity index (χ4v) is 1.29.